The van der Waals surface area contributed by atoms with Gasteiger partial charge in [0, 0.05) is 12.6 Å². The largest absolute Gasteiger partial charge is 0.395 e. The lowest BCUT2D eigenvalue weighted by Crippen LogP contribution is -2.46. The van der Waals surface area contributed by atoms with Crippen LogP contribution in [0.15, 0.2) is 54.6 Å². The average molecular weight is 370 g/mol. The number of β-amino-alcohol motifs (C(OH)–C–C–N with tert-alkyl or cyclic N) is 1. The predicted octanol–water partition coefficient (Wildman–Crippen LogP) is 3.31. The molecule has 0 aliphatic carbocycles. The van der Waals surface area contributed by atoms with Crippen molar-refractivity contribution < 1.29 is 14.9 Å². The molecule has 1 saturated heterocycles. The smallest absolute Gasteiger partial charge is 0.108 e. The first kappa shape index (κ1) is 20.0. The van der Waals surface area contributed by atoms with Crippen LogP contribution in [0.3, 0.4) is 0 Å². The van der Waals surface area contributed by atoms with Crippen LogP contribution in [-0.4, -0.2) is 53.6 Å². The van der Waals surface area contributed by atoms with Crippen molar-refractivity contribution in [3.05, 3.63) is 71.3 Å². The molecule has 2 N–H and O–H groups in total. The molecule has 1 aliphatic heterocycles. The molecule has 0 saturated carbocycles. The van der Waals surface area contributed by atoms with Crippen molar-refractivity contribution in [2.75, 3.05) is 26.3 Å². The monoisotopic (exact) mass is 369 g/mol. The van der Waals surface area contributed by atoms with Crippen LogP contribution in [0.5, 0.6) is 0 Å². The van der Waals surface area contributed by atoms with Gasteiger partial charge < -0.3 is 14.9 Å². The Hall–Kier alpha value is -1.72. The lowest BCUT2D eigenvalue weighted by atomic mass is 10.0. The summed E-state index contributed by atoms with van der Waals surface area (Å²) in [4.78, 5) is 2.20. The SMILES string of the molecule is Cc1ccc([C@H](OC[C@H](O)CN2CCCC[C@H]2CO)c2ccccc2)cc1. The molecule has 0 bridgehead atoms. The van der Waals surface area contributed by atoms with Crippen molar-refractivity contribution in [2.45, 2.75) is 44.4 Å². The number of benzene rings is 2. The van der Waals surface area contributed by atoms with Crippen LogP contribution in [0.2, 0.25) is 0 Å². The van der Waals surface area contributed by atoms with Crippen molar-refractivity contribution in [1.82, 2.24) is 4.90 Å². The first-order valence-corrected chi connectivity index (χ1v) is 9.93. The predicted molar refractivity (Wildman–Crippen MR) is 108 cm³/mol. The van der Waals surface area contributed by atoms with E-state index < -0.39 is 6.10 Å². The molecule has 4 heteroatoms. The molecule has 146 valence electrons. The van der Waals surface area contributed by atoms with E-state index >= 15 is 0 Å². The Morgan fingerprint density at radius 2 is 1.74 bits per heavy atom. The minimum absolute atomic E-state index is 0.156. The van der Waals surface area contributed by atoms with Gasteiger partial charge in [-0.25, -0.2) is 0 Å². The van der Waals surface area contributed by atoms with E-state index in [0.717, 1.165) is 36.9 Å². The standard InChI is InChI=1S/C23H31NO3/c1-18-10-12-20(13-11-18)23(19-7-3-2-4-8-19)27-17-22(26)15-24-14-6-5-9-21(24)16-25/h2-4,7-8,10-13,21-23,25-26H,5-6,9,14-17H2,1H3/t21-,22+,23+/m0/s1. The number of aliphatic hydroxyl groups excluding tert-OH is 2. The van der Waals surface area contributed by atoms with Crippen molar-refractivity contribution in [2.24, 2.45) is 0 Å². The highest BCUT2D eigenvalue weighted by Crippen LogP contribution is 2.26. The number of aryl methyl sites for hydroxylation is 1. The summed E-state index contributed by atoms with van der Waals surface area (Å²) in [6.45, 7) is 3.97. The second kappa shape index (κ2) is 10.00. The summed E-state index contributed by atoms with van der Waals surface area (Å²) in [6.07, 6.45) is 2.50. The van der Waals surface area contributed by atoms with Gasteiger partial charge in [-0.3, -0.25) is 4.90 Å². The van der Waals surface area contributed by atoms with E-state index in [9.17, 15) is 10.2 Å². The molecule has 4 nitrogen and oxygen atoms in total. The molecule has 3 rings (SSSR count). The third kappa shape index (κ3) is 5.63. The molecular formula is C23H31NO3. The third-order valence-corrected chi connectivity index (χ3v) is 5.34. The molecule has 1 fully saturated rings. The minimum atomic E-state index is -0.575. The number of rotatable bonds is 8. The van der Waals surface area contributed by atoms with Crippen LogP contribution in [0.1, 0.15) is 42.1 Å². The molecule has 0 unspecified atom stereocenters. The van der Waals surface area contributed by atoms with Crippen LogP contribution in [0, 0.1) is 6.92 Å². The number of likely N-dealkylation sites (tertiary alicyclic amines) is 1. The van der Waals surface area contributed by atoms with E-state index in [-0.39, 0.29) is 25.4 Å². The van der Waals surface area contributed by atoms with E-state index in [4.69, 9.17) is 4.74 Å². The van der Waals surface area contributed by atoms with Gasteiger partial charge in [-0.05, 0) is 37.4 Å². The molecule has 0 radical (unpaired) electrons. The molecular weight excluding hydrogens is 338 g/mol. The Morgan fingerprint density at radius 1 is 1.04 bits per heavy atom. The zero-order valence-electron chi connectivity index (χ0n) is 16.1. The van der Waals surface area contributed by atoms with E-state index in [0.29, 0.717) is 6.54 Å². The number of nitrogens with zero attached hydrogens (tertiary/aromatic N) is 1. The molecule has 2 aromatic rings. The van der Waals surface area contributed by atoms with Gasteiger partial charge in [0.25, 0.3) is 0 Å². The molecule has 27 heavy (non-hydrogen) atoms. The normalized spacial score (nSPS) is 20.3. The van der Waals surface area contributed by atoms with Gasteiger partial charge >= 0.3 is 0 Å². The van der Waals surface area contributed by atoms with Gasteiger partial charge in [0.1, 0.15) is 6.10 Å². The van der Waals surface area contributed by atoms with Crippen LogP contribution in [0.4, 0.5) is 0 Å². The van der Waals surface area contributed by atoms with E-state index in [1.807, 2.05) is 18.2 Å². The summed E-state index contributed by atoms with van der Waals surface area (Å²) >= 11 is 0. The Labute approximate surface area is 162 Å². The highest BCUT2D eigenvalue weighted by Gasteiger charge is 2.24. The number of hydrogen-bond acceptors (Lipinski definition) is 4. The number of ether oxygens (including phenoxy) is 1. The molecule has 0 amide bonds. The highest BCUT2D eigenvalue weighted by atomic mass is 16.5. The van der Waals surface area contributed by atoms with Crippen LogP contribution < -0.4 is 0 Å². The Bertz CT molecular complexity index is 674. The van der Waals surface area contributed by atoms with Gasteiger partial charge in [0.15, 0.2) is 0 Å². The van der Waals surface area contributed by atoms with Gasteiger partial charge in [-0.1, -0.05) is 66.6 Å². The third-order valence-electron chi connectivity index (χ3n) is 5.34. The molecule has 0 spiro atoms. The quantitative estimate of drug-likeness (QED) is 0.750. The highest BCUT2D eigenvalue weighted by molar-refractivity contribution is 5.31. The summed E-state index contributed by atoms with van der Waals surface area (Å²) in [6, 6.07) is 18.6. The zero-order chi connectivity index (χ0) is 19.1. The molecule has 2 aromatic carbocycles. The Morgan fingerprint density at radius 3 is 2.44 bits per heavy atom. The fraction of sp³-hybridized carbons (Fsp3) is 0.478. The lowest BCUT2D eigenvalue weighted by molar-refractivity contribution is -0.0236. The van der Waals surface area contributed by atoms with Crippen molar-refractivity contribution in [1.29, 1.82) is 0 Å². The average Bonchev–Trinajstić information content (AvgIpc) is 2.70. The summed E-state index contributed by atoms with van der Waals surface area (Å²) in [7, 11) is 0. The molecule has 1 heterocycles. The van der Waals surface area contributed by atoms with Crippen molar-refractivity contribution >= 4 is 0 Å². The molecule has 0 aromatic heterocycles. The summed E-state index contributed by atoms with van der Waals surface area (Å²) in [5.41, 5.74) is 3.38. The second-order valence-electron chi connectivity index (χ2n) is 7.52. The van der Waals surface area contributed by atoms with Gasteiger partial charge in [-0.2, -0.15) is 0 Å². The Kier molecular flexibility index (Phi) is 7.41. The van der Waals surface area contributed by atoms with Crippen molar-refractivity contribution in [3.8, 4) is 0 Å². The van der Waals surface area contributed by atoms with Gasteiger partial charge in [0.2, 0.25) is 0 Å². The second-order valence-corrected chi connectivity index (χ2v) is 7.52. The summed E-state index contributed by atoms with van der Waals surface area (Å²) < 4.78 is 6.19. The van der Waals surface area contributed by atoms with Gasteiger partial charge in [0.05, 0.1) is 19.3 Å². The van der Waals surface area contributed by atoms with E-state index in [2.05, 4.69) is 48.2 Å². The van der Waals surface area contributed by atoms with Crippen molar-refractivity contribution in [3.63, 3.8) is 0 Å². The summed E-state index contributed by atoms with van der Waals surface area (Å²) in [5.74, 6) is 0. The van der Waals surface area contributed by atoms with Crippen LogP contribution in [0.25, 0.3) is 0 Å². The lowest BCUT2D eigenvalue weighted by Gasteiger charge is -2.36. The fourth-order valence-corrected chi connectivity index (χ4v) is 3.79. The fourth-order valence-electron chi connectivity index (χ4n) is 3.79. The summed E-state index contributed by atoms with van der Waals surface area (Å²) in [5, 5.41) is 20.1. The van der Waals surface area contributed by atoms with Gasteiger partial charge in [-0.15, -0.1) is 0 Å². The number of piperidine rings is 1. The van der Waals surface area contributed by atoms with E-state index in [1.54, 1.807) is 0 Å². The first-order valence-electron chi connectivity index (χ1n) is 9.93. The first-order chi connectivity index (χ1) is 13.2. The maximum absolute atomic E-state index is 10.6. The maximum Gasteiger partial charge on any atom is 0.108 e. The van der Waals surface area contributed by atoms with Crippen LogP contribution >= 0.6 is 0 Å². The maximum atomic E-state index is 10.6. The zero-order valence-corrected chi connectivity index (χ0v) is 16.1. The minimum Gasteiger partial charge on any atom is -0.395 e. The number of hydrogen-bond donors (Lipinski definition) is 2. The molecule has 3 atom stereocenters. The van der Waals surface area contributed by atoms with Crippen LogP contribution in [-0.2, 0) is 4.74 Å². The Balaban J connectivity index is 1.64. The topological polar surface area (TPSA) is 52.9 Å². The van der Waals surface area contributed by atoms with E-state index in [1.165, 1.54) is 5.56 Å². The molecule has 1 aliphatic rings. The number of aliphatic hydroxyl groups is 2.